The number of anilines is 3. The molecule has 3 N–H and O–H groups in total. The average molecular weight is 633 g/mol. The zero-order valence-corrected chi connectivity index (χ0v) is 24.8. The summed E-state index contributed by atoms with van der Waals surface area (Å²) in [7, 11) is 0. The standard InChI is InChI=1S/C29H31F3N6O3S2/c30-29(31,32)21-11-34-28(35-22-4-3-18(9-20(22)16-1-2-16)37-6-5-33-17(12-37)13-39)36-25(21)23-10-24-26(43-23)27(40)38(7-8-42-24)19-14-41-15-19/h3-4,9-11,16-17,19,33,39H,1-2,5-8,12-15H2,(H,34,35,36)/t17-/m1/s1. The molecule has 9 nitrogen and oxygen atoms in total. The maximum atomic E-state index is 14.2. The van der Waals surface area contributed by atoms with Gasteiger partial charge in [0.2, 0.25) is 5.95 Å². The molecule has 1 aromatic carbocycles. The fourth-order valence-electron chi connectivity index (χ4n) is 5.72. The van der Waals surface area contributed by atoms with Crippen molar-refractivity contribution < 1.29 is 27.8 Å². The van der Waals surface area contributed by atoms with Crippen LogP contribution in [0.3, 0.4) is 0 Å². The van der Waals surface area contributed by atoms with E-state index in [1.807, 2.05) is 12.1 Å². The summed E-state index contributed by atoms with van der Waals surface area (Å²) in [5, 5.41) is 16.1. The van der Waals surface area contributed by atoms with Crippen molar-refractivity contribution >= 4 is 46.3 Å². The van der Waals surface area contributed by atoms with Crippen molar-refractivity contribution in [1.29, 1.82) is 0 Å². The highest BCUT2D eigenvalue weighted by Crippen LogP contribution is 2.46. The van der Waals surface area contributed by atoms with E-state index in [1.54, 1.807) is 11.0 Å². The van der Waals surface area contributed by atoms with Crippen LogP contribution >= 0.6 is 23.1 Å². The smallest absolute Gasteiger partial charge is 0.395 e. The van der Waals surface area contributed by atoms with Gasteiger partial charge in [-0.2, -0.15) is 13.2 Å². The van der Waals surface area contributed by atoms with Gasteiger partial charge in [0.15, 0.2) is 0 Å². The molecule has 4 aliphatic rings. The molecule has 1 amide bonds. The summed E-state index contributed by atoms with van der Waals surface area (Å²) < 4.78 is 47.8. The fraction of sp³-hybridized carbons (Fsp3) is 0.483. The van der Waals surface area contributed by atoms with E-state index in [1.165, 1.54) is 11.8 Å². The number of nitrogens with one attached hydrogen (secondary N) is 2. The van der Waals surface area contributed by atoms with Crippen LogP contribution in [0.4, 0.5) is 30.5 Å². The second-order valence-electron chi connectivity index (χ2n) is 11.2. The summed E-state index contributed by atoms with van der Waals surface area (Å²) in [4.78, 5) is 27.2. The number of aromatic nitrogens is 2. The van der Waals surface area contributed by atoms with Crippen LogP contribution < -0.4 is 15.5 Å². The normalized spacial score (nSPS) is 21.4. The summed E-state index contributed by atoms with van der Waals surface area (Å²) in [5.41, 5.74) is 1.70. The lowest BCUT2D eigenvalue weighted by Crippen LogP contribution is -2.52. The summed E-state index contributed by atoms with van der Waals surface area (Å²) in [5.74, 6) is 0.904. The number of carbonyl (C=O) groups excluding carboxylic acids is 1. The average Bonchev–Trinajstić information content (AvgIpc) is 3.75. The lowest BCUT2D eigenvalue weighted by Gasteiger charge is -2.36. The van der Waals surface area contributed by atoms with Crippen molar-refractivity contribution in [2.75, 3.05) is 62.0 Å². The Morgan fingerprint density at radius 1 is 1.19 bits per heavy atom. The van der Waals surface area contributed by atoms with Crippen molar-refractivity contribution in [2.45, 2.75) is 41.9 Å². The second kappa shape index (κ2) is 11.5. The van der Waals surface area contributed by atoms with Crippen LogP contribution in [0.5, 0.6) is 0 Å². The number of ether oxygens (including phenoxy) is 1. The van der Waals surface area contributed by atoms with Crippen molar-refractivity contribution in [1.82, 2.24) is 20.2 Å². The summed E-state index contributed by atoms with van der Waals surface area (Å²) in [6, 6.07) is 7.70. The number of aliphatic hydroxyl groups is 1. The molecule has 14 heteroatoms. The van der Waals surface area contributed by atoms with Gasteiger partial charge in [-0.1, -0.05) is 0 Å². The topological polar surface area (TPSA) is 103 Å². The Kier molecular flexibility index (Phi) is 7.74. The Morgan fingerprint density at radius 3 is 2.74 bits per heavy atom. The van der Waals surface area contributed by atoms with Crippen LogP contribution in [0.1, 0.15) is 39.6 Å². The lowest BCUT2D eigenvalue weighted by molar-refractivity contribution is -0.137. The number of thioether (sulfide) groups is 1. The summed E-state index contributed by atoms with van der Waals surface area (Å²) in [6.07, 6.45) is -1.77. The second-order valence-corrected chi connectivity index (χ2v) is 13.4. The zero-order valence-electron chi connectivity index (χ0n) is 23.2. The quantitative estimate of drug-likeness (QED) is 0.346. The van der Waals surface area contributed by atoms with E-state index in [-0.39, 0.29) is 41.1 Å². The first kappa shape index (κ1) is 28.8. The monoisotopic (exact) mass is 632 g/mol. The van der Waals surface area contributed by atoms with E-state index in [4.69, 9.17) is 4.74 Å². The number of piperazine rings is 1. The molecule has 3 fully saturated rings. The number of aliphatic hydroxyl groups excluding tert-OH is 1. The number of halogens is 3. The van der Waals surface area contributed by atoms with Crippen molar-refractivity contribution in [2.24, 2.45) is 0 Å². The van der Waals surface area contributed by atoms with Gasteiger partial charge >= 0.3 is 6.18 Å². The molecule has 2 saturated heterocycles. The van der Waals surface area contributed by atoms with Gasteiger partial charge in [0.1, 0.15) is 10.4 Å². The van der Waals surface area contributed by atoms with Gasteiger partial charge in [-0.15, -0.1) is 23.1 Å². The number of carbonyl (C=O) groups is 1. The number of amides is 1. The molecule has 3 aliphatic heterocycles. The van der Waals surface area contributed by atoms with Crippen LogP contribution in [0.2, 0.25) is 0 Å². The predicted octanol–water partition coefficient (Wildman–Crippen LogP) is 4.56. The predicted molar refractivity (Wildman–Crippen MR) is 160 cm³/mol. The van der Waals surface area contributed by atoms with E-state index in [0.717, 1.165) is 60.4 Å². The lowest BCUT2D eigenvalue weighted by atomic mass is 10.1. The number of fused-ring (bicyclic) bond motifs is 1. The molecule has 0 spiro atoms. The molecule has 228 valence electrons. The first-order chi connectivity index (χ1) is 20.8. The molecule has 7 rings (SSSR count). The number of hydrogen-bond acceptors (Lipinski definition) is 10. The van der Waals surface area contributed by atoms with E-state index in [0.29, 0.717) is 47.7 Å². The maximum absolute atomic E-state index is 14.2. The maximum Gasteiger partial charge on any atom is 0.420 e. The molecule has 5 heterocycles. The van der Waals surface area contributed by atoms with E-state index in [2.05, 4.69) is 31.6 Å². The highest BCUT2D eigenvalue weighted by Gasteiger charge is 2.38. The molecule has 0 radical (unpaired) electrons. The fourth-order valence-corrected chi connectivity index (χ4v) is 8.03. The number of hydrogen-bond donors (Lipinski definition) is 3. The Bertz CT molecular complexity index is 1530. The molecule has 0 bridgehead atoms. The number of rotatable bonds is 7. The minimum atomic E-state index is -4.67. The van der Waals surface area contributed by atoms with E-state index >= 15 is 0 Å². The molecule has 1 saturated carbocycles. The van der Waals surface area contributed by atoms with Crippen LogP contribution in [0, 0.1) is 0 Å². The Morgan fingerprint density at radius 2 is 2.02 bits per heavy atom. The van der Waals surface area contributed by atoms with Crippen LogP contribution in [-0.2, 0) is 10.9 Å². The molecule has 1 aliphatic carbocycles. The minimum Gasteiger partial charge on any atom is -0.395 e. The van der Waals surface area contributed by atoms with Crippen molar-refractivity contribution in [3.8, 4) is 10.6 Å². The summed E-state index contributed by atoms with van der Waals surface area (Å²) in [6.45, 7) is 3.87. The number of nitrogens with zero attached hydrogens (tertiary/aromatic N) is 4. The van der Waals surface area contributed by atoms with E-state index < -0.39 is 11.7 Å². The molecule has 0 unspecified atom stereocenters. The van der Waals surface area contributed by atoms with Gasteiger partial charge in [0.05, 0.1) is 36.4 Å². The van der Waals surface area contributed by atoms with Crippen LogP contribution in [-0.4, -0.2) is 89.7 Å². The van der Waals surface area contributed by atoms with Crippen molar-refractivity contribution in [3.63, 3.8) is 0 Å². The SMILES string of the molecule is O=C1c2sc(-c3nc(Nc4ccc(N5CCN[C@@H](CO)C5)cc4C4CC4)ncc3C(F)(F)F)cc2SCCN1C1COC1. The van der Waals surface area contributed by atoms with Gasteiger partial charge in [-0.05, 0) is 48.6 Å². The highest BCUT2D eigenvalue weighted by atomic mass is 32.2. The highest BCUT2D eigenvalue weighted by molar-refractivity contribution is 7.99. The van der Waals surface area contributed by atoms with Gasteiger partial charge in [-0.3, -0.25) is 4.79 Å². The third-order valence-electron chi connectivity index (χ3n) is 8.27. The van der Waals surface area contributed by atoms with Crippen LogP contribution in [0.25, 0.3) is 10.6 Å². The molecular formula is C29H31F3N6O3S2. The number of alkyl halides is 3. The first-order valence-corrected chi connectivity index (χ1v) is 16.2. The van der Waals surface area contributed by atoms with Gasteiger partial charge < -0.3 is 30.3 Å². The van der Waals surface area contributed by atoms with Gasteiger partial charge in [0.25, 0.3) is 5.91 Å². The third-order valence-corrected chi connectivity index (χ3v) is 10.6. The number of thiophene rings is 1. The van der Waals surface area contributed by atoms with Crippen LogP contribution in [0.15, 0.2) is 35.4 Å². The molecule has 2 aromatic heterocycles. The van der Waals surface area contributed by atoms with E-state index in [9.17, 15) is 23.1 Å². The third kappa shape index (κ3) is 5.82. The molecule has 1 atom stereocenters. The Balaban J connectivity index is 1.20. The Hall–Kier alpha value is -2.91. The van der Waals surface area contributed by atoms with Gasteiger partial charge in [0, 0.05) is 60.4 Å². The molecule has 43 heavy (non-hydrogen) atoms. The largest absolute Gasteiger partial charge is 0.420 e. The molecular weight excluding hydrogens is 601 g/mol. The minimum absolute atomic E-state index is 0.0000679. The van der Waals surface area contributed by atoms with Crippen molar-refractivity contribution in [3.05, 3.63) is 46.5 Å². The summed E-state index contributed by atoms with van der Waals surface area (Å²) >= 11 is 2.53. The Labute approximate surface area is 254 Å². The number of benzene rings is 1. The first-order valence-electron chi connectivity index (χ1n) is 14.4. The zero-order chi connectivity index (χ0) is 29.7. The molecule has 3 aromatic rings. The van der Waals surface area contributed by atoms with Gasteiger partial charge in [-0.25, -0.2) is 9.97 Å².